The molecule has 0 atom stereocenters. The summed E-state index contributed by atoms with van der Waals surface area (Å²) in [7, 11) is 0. The molecule has 0 bridgehead atoms. The molecule has 0 saturated carbocycles. The molecule has 0 aliphatic carbocycles. The molecule has 0 amide bonds. The van der Waals surface area contributed by atoms with Crippen molar-refractivity contribution in [1.82, 2.24) is 0 Å². The number of benzene rings is 2. The van der Waals surface area contributed by atoms with Crippen molar-refractivity contribution < 1.29 is 9.13 Å². The van der Waals surface area contributed by atoms with Gasteiger partial charge in [0, 0.05) is 18.8 Å². The van der Waals surface area contributed by atoms with Crippen molar-refractivity contribution >= 4 is 5.69 Å². The van der Waals surface area contributed by atoms with Gasteiger partial charge in [0.25, 0.3) is 0 Å². The Labute approximate surface area is 135 Å². The second-order valence-electron chi connectivity index (χ2n) is 4.88. The fraction of sp³-hybridized carbons (Fsp3) is 0.222. The van der Waals surface area contributed by atoms with Crippen molar-refractivity contribution in [3.05, 3.63) is 65.5 Å². The molecule has 1 heterocycles. The largest absolute Gasteiger partial charge is 0.378 e. The lowest BCUT2D eigenvalue weighted by Gasteiger charge is -2.28. The van der Waals surface area contributed by atoms with Crippen LogP contribution < -0.4 is 4.90 Å². The standard InChI is InChI=1S/C11H12N2O.C7H4FN/c12-9-10-1-3-11(4-2-10)13-5-7-14-8-6-13;8-7-3-1-6(5-9)2-4-7/h1-4H,5-8H2;1-4H. The zero-order chi connectivity index (χ0) is 16.5. The fourth-order valence-electron chi connectivity index (χ4n) is 2.09. The van der Waals surface area contributed by atoms with Crippen molar-refractivity contribution in [3.8, 4) is 12.1 Å². The molecule has 0 unspecified atom stereocenters. The second kappa shape index (κ2) is 8.53. The van der Waals surface area contributed by atoms with Gasteiger partial charge in [0.2, 0.25) is 0 Å². The molecule has 0 aromatic heterocycles. The summed E-state index contributed by atoms with van der Waals surface area (Å²) in [5, 5.41) is 16.9. The van der Waals surface area contributed by atoms with Crippen LogP contribution in [0.5, 0.6) is 0 Å². The molecule has 1 aliphatic heterocycles. The van der Waals surface area contributed by atoms with Crippen LogP contribution in [0.4, 0.5) is 10.1 Å². The van der Waals surface area contributed by atoms with Gasteiger partial charge in [-0.25, -0.2) is 4.39 Å². The van der Waals surface area contributed by atoms with E-state index in [-0.39, 0.29) is 5.82 Å². The van der Waals surface area contributed by atoms with Crippen molar-refractivity contribution in [1.29, 1.82) is 10.5 Å². The first-order valence-corrected chi connectivity index (χ1v) is 7.21. The number of hydrogen-bond donors (Lipinski definition) is 0. The Kier molecular flexibility index (Phi) is 6.11. The monoisotopic (exact) mass is 309 g/mol. The molecule has 0 radical (unpaired) electrons. The highest BCUT2D eigenvalue weighted by Gasteiger charge is 2.10. The van der Waals surface area contributed by atoms with E-state index in [4.69, 9.17) is 15.3 Å². The lowest BCUT2D eigenvalue weighted by molar-refractivity contribution is 0.122. The Balaban J connectivity index is 0.000000185. The first-order valence-electron chi connectivity index (χ1n) is 7.21. The van der Waals surface area contributed by atoms with Gasteiger partial charge in [-0.05, 0) is 48.5 Å². The second-order valence-corrected chi connectivity index (χ2v) is 4.88. The highest BCUT2D eigenvalue weighted by molar-refractivity contribution is 5.49. The minimum Gasteiger partial charge on any atom is -0.378 e. The molecule has 0 spiro atoms. The molecule has 1 fully saturated rings. The quantitative estimate of drug-likeness (QED) is 0.812. The number of anilines is 1. The number of nitriles is 2. The average molecular weight is 309 g/mol. The molecule has 116 valence electrons. The first-order chi connectivity index (χ1) is 11.2. The summed E-state index contributed by atoms with van der Waals surface area (Å²) in [5.41, 5.74) is 2.37. The third-order valence-corrected chi connectivity index (χ3v) is 3.35. The maximum Gasteiger partial charge on any atom is 0.123 e. The Morgan fingerprint density at radius 2 is 1.30 bits per heavy atom. The predicted octanol–water partition coefficient (Wildman–Crippen LogP) is 3.09. The lowest BCUT2D eigenvalue weighted by atomic mass is 10.2. The summed E-state index contributed by atoms with van der Waals surface area (Å²) in [4.78, 5) is 2.27. The molecule has 0 N–H and O–H groups in total. The number of hydrogen-bond acceptors (Lipinski definition) is 4. The van der Waals surface area contributed by atoms with E-state index in [1.807, 2.05) is 30.3 Å². The summed E-state index contributed by atoms with van der Waals surface area (Å²) in [6.07, 6.45) is 0. The third kappa shape index (κ3) is 5.10. The van der Waals surface area contributed by atoms with Crippen LogP contribution in [0.15, 0.2) is 48.5 Å². The SMILES string of the molecule is N#Cc1ccc(F)cc1.N#Cc1ccc(N2CCOCC2)cc1. The lowest BCUT2D eigenvalue weighted by Crippen LogP contribution is -2.36. The summed E-state index contributed by atoms with van der Waals surface area (Å²) in [6.45, 7) is 3.46. The van der Waals surface area contributed by atoms with Crippen LogP contribution in [0.25, 0.3) is 0 Å². The fourth-order valence-corrected chi connectivity index (χ4v) is 2.09. The van der Waals surface area contributed by atoms with Crippen molar-refractivity contribution in [2.75, 3.05) is 31.2 Å². The van der Waals surface area contributed by atoms with Gasteiger partial charge in [-0.15, -0.1) is 0 Å². The van der Waals surface area contributed by atoms with Crippen LogP contribution in [0.1, 0.15) is 11.1 Å². The van der Waals surface area contributed by atoms with E-state index < -0.39 is 0 Å². The molecule has 1 saturated heterocycles. The van der Waals surface area contributed by atoms with Gasteiger partial charge in [-0.1, -0.05) is 0 Å². The van der Waals surface area contributed by atoms with Gasteiger partial charge < -0.3 is 9.64 Å². The van der Waals surface area contributed by atoms with Crippen molar-refractivity contribution in [2.45, 2.75) is 0 Å². The van der Waals surface area contributed by atoms with Crippen LogP contribution in [-0.2, 0) is 4.74 Å². The summed E-state index contributed by atoms with van der Waals surface area (Å²) in [6, 6.07) is 17.1. The molecule has 2 aromatic rings. The minimum absolute atomic E-state index is 0.311. The van der Waals surface area contributed by atoms with Crippen molar-refractivity contribution in [3.63, 3.8) is 0 Å². The van der Waals surface area contributed by atoms with E-state index in [0.717, 1.165) is 26.3 Å². The zero-order valence-corrected chi connectivity index (χ0v) is 12.6. The highest BCUT2D eigenvalue weighted by Crippen LogP contribution is 2.15. The molecular formula is C18H16FN3O. The Hall–Kier alpha value is -2.89. The van der Waals surface area contributed by atoms with E-state index in [0.29, 0.717) is 11.1 Å². The Morgan fingerprint density at radius 3 is 1.78 bits per heavy atom. The van der Waals surface area contributed by atoms with Gasteiger partial charge in [-0.3, -0.25) is 0 Å². The zero-order valence-electron chi connectivity index (χ0n) is 12.6. The van der Waals surface area contributed by atoms with Crippen LogP contribution in [0, 0.1) is 28.5 Å². The topological polar surface area (TPSA) is 60.0 Å². The number of halogens is 1. The number of ether oxygens (including phenoxy) is 1. The molecule has 5 heteroatoms. The Morgan fingerprint density at radius 1 is 0.826 bits per heavy atom. The first kappa shape index (κ1) is 16.5. The summed E-state index contributed by atoms with van der Waals surface area (Å²) in [5.74, 6) is -0.311. The van der Waals surface area contributed by atoms with Gasteiger partial charge in [-0.2, -0.15) is 10.5 Å². The maximum atomic E-state index is 12.1. The van der Waals surface area contributed by atoms with Crippen molar-refractivity contribution in [2.24, 2.45) is 0 Å². The average Bonchev–Trinajstić information content (AvgIpc) is 2.64. The highest BCUT2D eigenvalue weighted by atomic mass is 19.1. The molecule has 4 nitrogen and oxygen atoms in total. The normalized spacial score (nSPS) is 13.3. The molecule has 2 aromatic carbocycles. The van der Waals surface area contributed by atoms with Crippen LogP contribution >= 0.6 is 0 Å². The number of morpholine rings is 1. The van der Waals surface area contributed by atoms with E-state index in [2.05, 4.69) is 11.0 Å². The van der Waals surface area contributed by atoms with Crippen LogP contribution in [0.3, 0.4) is 0 Å². The van der Waals surface area contributed by atoms with E-state index in [1.54, 1.807) is 0 Å². The third-order valence-electron chi connectivity index (χ3n) is 3.35. The van der Waals surface area contributed by atoms with Gasteiger partial charge in [0.05, 0.1) is 36.5 Å². The van der Waals surface area contributed by atoms with Crippen LogP contribution in [0.2, 0.25) is 0 Å². The molecular weight excluding hydrogens is 293 g/mol. The number of rotatable bonds is 1. The molecule has 1 aliphatic rings. The van der Waals surface area contributed by atoms with E-state index in [1.165, 1.54) is 30.0 Å². The van der Waals surface area contributed by atoms with Gasteiger partial charge >= 0.3 is 0 Å². The molecule has 23 heavy (non-hydrogen) atoms. The Bertz CT molecular complexity index is 693. The summed E-state index contributed by atoms with van der Waals surface area (Å²) < 4.78 is 17.4. The maximum absolute atomic E-state index is 12.1. The van der Waals surface area contributed by atoms with E-state index in [9.17, 15) is 4.39 Å². The molecule has 3 rings (SSSR count). The van der Waals surface area contributed by atoms with E-state index >= 15 is 0 Å². The minimum atomic E-state index is -0.311. The van der Waals surface area contributed by atoms with Gasteiger partial charge in [0.15, 0.2) is 0 Å². The number of nitrogens with zero attached hydrogens (tertiary/aromatic N) is 3. The smallest absolute Gasteiger partial charge is 0.123 e. The predicted molar refractivity (Wildman–Crippen MR) is 85.3 cm³/mol. The van der Waals surface area contributed by atoms with Crippen LogP contribution in [-0.4, -0.2) is 26.3 Å². The van der Waals surface area contributed by atoms with Gasteiger partial charge in [0.1, 0.15) is 5.82 Å². The summed E-state index contributed by atoms with van der Waals surface area (Å²) >= 11 is 0.